The summed E-state index contributed by atoms with van der Waals surface area (Å²) in [6.45, 7) is 8.51. The van der Waals surface area contributed by atoms with Crippen LogP contribution in [0, 0.1) is 5.92 Å². The van der Waals surface area contributed by atoms with E-state index in [1.54, 1.807) is 0 Å². The Morgan fingerprint density at radius 1 is 1.00 bits per heavy atom. The van der Waals surface area contributed by atoms with Gasteiger partial charge < -0.3 is 10.2 Å². The van der Waals surface area contributed by atoms with E-state index in [9.17, 15) is 0 Å². The third kappa shape index (κ3) is 5.07. The topological polar surface area (TPSA) is 15.3 Å². The lowest BCUT2D eigenvalue weighted by molar-refractivity contribution is 0.229. The average molecular weight is 266 g/mol. The molecule has 2 atom stereocenters. The maximum Gasteiger partial charge on any atom is 0.00964 e. The highest BCUT2D eigenvalue weighted by molar-refractivity contribution is 4.87. The molecule has 0 aliphatic heterocycles. The van der Waals surface area contributed by atoms with Crippen LogP contribution in [0.3, 0.4) is 0 Å². The molecule has 19 heavy (non-hydrogen) atoms. The van der Waals surface area contributed by atoms with Crippen LogP contribution in [-0.4, -0.2) is 36.6 Å². The van der Waals surface area contributed by atoms with E-state index in [0.29, 0.717) is 0 Å². The predicted octanol–water partition coefficient (Wildman–Crippen LogP) is 3.81. The molecule has 0 heterocycles. The zero-order valence-electron chi connectivity index (χ0n) is 13.2. The Kier molecular flexibility index (Phi) is 6.66. The Morgan fingerprint density at radius 3 is 2.53 bits per heavy atom. The highest BCUT2D eigenvalue weighted by Gasteiger charge is 2.31. The van der Waals surface area contributed by atoms with Gasteiger partial charge >= 0.3 is 0 Å². The summed E-state index contributed by atoms with van der Waals surface area (Å²) in [6, 6.07) is 1.78. The zero-order valence-corrected chi connectivity index (χ0v) is 13.2. The Balaban J connectivity index is 1.69. The second kappa shape index (κ2) is 8.26. The van der Waals surface area contributed by atoms with Gasteiger partial charge in [0.15, 0.2) is 0 Å². The van der Waals surface area contributed by atoms with E-state index in [1.807, 2.05) is 0 Å². The minimum atomic E-state index is 0.826. The van der Waals surface area contributed by atoms with Crippen molar-refractivity contribution in [2.75, 3.05) is 19.6 Å². The van der Waals surface area contributed by atoms with E-state index in [1.165, 1.54) is 77.4 Å². The SMILES string of the molecule is CCCCN(CCC1CCCC1NCCC)C1CC1. The van der Waals surface area contributed by atoms with Crippen LogP contribution in [0.2, 0.25) is 0 Å². The van der Waals surface area contributed by atoms with Crippen molar-refractivity contribution < 1.29 is 0 Å². The van der Waals surface area contributed by atoms with Crippen LogP contribution in [0.25, 0.3) is 0 Å². The molecule has 0 aromatic rings. The smallest absolute Gasteiger partial charge is 0.00964 e. The van der Waals surface area contributed by atoms with Gasteiger partial charge in [-0.05, 0) is 70.5 Å². The van der Waals surface area contributed by atoms with E-state index in [2.05, 4.69) is 24.1 Å². The van der Waals surface area contributed by atoms with E-state index < -0.39 is 0 Å². The van der Waals surface area contributed by atoms with Crippen molar-refractivity contribution in [3.63, 3.8) is 0 Å². The second-order valence-electron chi connectivity index (χ2n) is 6.66. The summed E-state index contributed by atoms with van der Waals surface area (Å²) in [5.74, 6) is 0.953. The molecule has 0 spiro atoms. The Morgan fingerprint density at radius 2 is 1.84 bits per heavy atom. The monoisotopic (exact) mass is 266 g/mol. The molecular weight excluding hydrogens is 232 g/mol. The van der Waals surface area contributed by atoms with Crippen LogP contribution in [0.4, 0.5) is 0 Å². The maximum atomic E-state index is 3.77. The van der Waals surface area contributed by atoms with Crippen molar-refractivity contribution >= 4 is 0 Å². The van der Waals surface area contributed by atoms with Gasteiger partial charge in [-0.3, -0.25) is 0 Å². The third-order valence-electron chi connectivity index (χ3n) is 4.96. The minimum absolute atomic E-state index is 0.826. The lowest BCUT2D eigenvalue weighted by Crippen LogP contribution is -2.36. The second-order valence-corrected chi connectivity index (χ2v) is 6.66. The van der Waals surface area contributed by atoms with Crippen LogP contribution in [0.15, 0.2) is 0 Å². The van der Waals surface area contributed by atoms with Gasteiger partial charge in [0.05, 0.1) is 0 Å². The summed E-state index contributed by atoms with van der Waals surface area (Å²) in [6.07, 6.45) is 12.7. The van der Waals surface area contributed by atoms with Gasteiger partial charge in [0.2, 0.25) is 0 Å². The molecule has 0 bridgehead atoms. The van der Waals surface area contributed by atoms with Crippen molar-refractivity contribution in [3.8, 4) is 0 Å². The summed E-state index contributed by atoms with van der Waals surface area (Å²) in [5, 5.41) is 3.77. The van der Waals surface area contributed by atoms with Crippen molar-refractivity contribution in [1.29, 1.82) is 0 Å². The molecule has 0 aromatic carbocycles. The third-order valence-corrected chi connectivity index (χ3v) is 4.96. The summed E-state index contributed by atoms with van der Waals surface area (Å²) in [5.41, 5.74) is 0. The molecule has 112 valence electrons. The van der Waals surface area contributed by atoms with E-state index in [-0.39, 0.29) is 0 Å². The Hall–Kier alpha value is -0.0800. The lowest BCUT2D eigenvalue weighted by Gasteiger charge is -2.26. The molecule has 1 N–H and O–H groups in total. The minimum Gasteiger partial charge on any atom is -0.314 e. The molecule has 0 radical (unpaired) electrons. The van der Waals surface area contributed by atoms with Crippen LogP contribution in [0.1, 0.15) is 71.6 Å². The molecule has 0 aromatic heterocycles. The largest absolute Gasteiger partial charge is 0.314 e. The first-order valence-corrected chi connectivity index (χ1v) is 8.82. The van der Waals surface area contributed by atoms with Gasteiger partial charge in [0.1, 0.15) is 0 Å². The van der Waals surface area contributed by atoms with E-state index in [4.69, 9.17) is 0 Å². The van der Waals surface area contributed by atoms with Crippen LogP contribution in [-0.2, 0) is 0 Å². The lowest BCUT2D eigenvalue weighted by atomic mass is 9.99. The van der Waals surface area contributed by atoms with E-state index in [0.717, 1.165) is 18.0 Å². The number of nitrogens with zero attached hydrogens (tertiary/aromatic N) is 1. The van der Waals surface area contributed by atoms with Crippen molar-refractivity contribution in [2.24, 2.45) is 5.92 Å². The number of unbranched alkanes of at least 4 members (excludes halogenated alkanes) is 1. The van der Waals surface area contributed by atoms with Crippen molar-refractivity contribution in [2.45, 2.75) is 83.7 Å². The number of hydrogen-bond donors (Lipinski definition) is 1. The predicted molar refractivity (Wildman–Crippen MR) is 83.5 cm³/mol. The summed E-state index contributed by atoms with van der Waals surface area (Å²) < 4.78 is 0. The molecule has 2 nitrogen and oxygen atoms in total. The first-order chi connectivity index (χ1) is 9.35. The Labute approximate surface area is 120 Å². The first-order valence-electron chi connectivity index (χ1n) is 8.82. The van der Waals surface area contributed by atoms with Crippen LogP contribution >= 0.6 is 0 Å². The number of nitrogens with one attached hydrogen (secondary N) is 1. The van der Waals surface area contributed by atoms with Crippen molar-refractivity contribution in [3.05, 3.63) is 0 Å². The van der Waals surface area contributed by atoms with Crippen LogP contribution < -0.4 is 5.32 Å². The number of hydrogen-bond acceptors (Lipinski definition) is 2. The molecule has 2 aliphatic rings. The van der Waals surface area contributed by atoms with Crippen molar-refractivity contribution in [1.82, 2.24) is 10.2 Å². The summed E-state index contributed by atoms with van der Waals surface area (Å²) >= 11 is 0. The van der Waals surface area contributed by atoms with Gasteiger partial charge in [-0.2, -0.15) is 0 Å². The van der Waals surface area contributed by atoms with Crippen LogP contribution in [0.5, 0.6) is 0 Å². The normalized spacial score (nSPS) is 27.3. The molecule has 2 rings (SSSR count). The molecule has 2 aliphatic carbocycles. The van der Waals surface area contributed by atoms with Gasteiger partial charge in [-0.1, -0.05) is 26.7 Å². The van der Waals surface area contributed by atoms with Gasteiger partial charge in [-0.15, -0.1) is 0 Å². The highest BCUT2D eigenvalue weighted by atomic mass is 15.2. The van der Waals surface area contributed by atoms with Gasteiger partial charge in [0, 0.05) is 12.1 Å². The fourth-order valence-electron chi connectivity index (χ4n) is 3.59. The Bertz CT molecular complexity index is 237. The number of rotatable bonds is 10. The quantitative estimate of drug-likeness (QED) is 0.647. The molecule has 2 saturated carbocycles. The molecule has 2 fully saturated rings. The fraction of sp³-hybridized carbons (Fsp3) is 1.00. The average Bonchev–Trinajstić information content (AvgIpc) is 3.17. The van der Waals surface area contributed by atoms with Gasteiger partial charge in [-0.25, -0.2) is 0 Å². The summed E-state index contributed by atoms with van der Waals surface area (Å²) in [7, 11) is 0. The summed E-state index contributed by atoms with van der Waals surface area (Å²) in [4.78, 5) is 2.79. The molecule has 0 saturated heterocycles. The maximum absolute atomic E-state index is 3.77. The zero-order chi connectivity index (χ0) is 13.5. The molecule has 2 unspecified atom stereocenters. The molecule has 0 amide bonds. The van der Waals surface area contributed by atoms with Gasteiger partial charge in [0.25, 0.3) is 0 Å². The highest BCUT2D eigenvalue weighted by Crippen LogP contribution is 2.31. The molecule has 2 heteroatoms. The standard InChI is InChI=1S/C17H34N2/c1-3-5-13-19(16-9-10-16)14-11-15-7-6-8-17(15)18-12-4-2/h15-18H,3-14H2,1-2H3. The molecular formula is C17H34N2. The van der Waals surface area contributed by atoms with E-state index >= 15 is 0 Å². The fourth-order valence-corrected chi connectivity index (χ4v) is 3.59. The first kappa shape index (κ1) is 15.3.